The summed E-state index contributed by atoms with van der Waals surface area (Å²) < 4.78 is 14.7. The molecule has 4 nitrogen and oxygen atoms in total. The maximum atomic E-state index is 6.41. The van der Waals surface area contributed by atoms with Crippen LogP contribution in [-0.4, -0.2) is 9.55 Å². The lowest BCUT2D eigenvalue weighted by molar-refractivity contribution is 0.466. The van der Waals surface area contributed by atoms with E-state index in [1.165, 1.54) is 27.8 Å². The van der Waals surface area contributed by atoms with Gasteiger partial charge >= 0.3 is 0 Å². The highest BCUT2D eigenvalue weighted by molar-refractivity contribution is 6.05. The van der Waals surface area contributed by atoms with Gasteiger partial charge in [0, 0.05) is 34.6 Å². The Morgan fingerprint density at radius 1 is 0.818 bits per heavy atom. The molecular weight excluding hydrogens is 408 g/mol. The molecule has 0 aliphatic heterocycles. The summed E-state index contributed by atoms with van der Waals surface area (Å²) in [5, 5.41) is 3.29. The van der Waals surface area contributed by atoms with Crippen LogP contribution in [0.15, 0.2) is 83.4 Å². The van der Waals surface area contributed by atoms with Crippen molar-refractivity contribution in [2.24, 2.45) is 0 Å². The van der Waals surface area contributed by atoms with Gasteiger partial charge in [0.15, 0.2) is 0 Å². The van der Waals surface area contributed by atoms with Crippen molar-refractivity contribution in [3.63, 3.8) is 0 Å². The van der Waals surface area contributed by atoms with Gasteiger partial charge < -0.3 is 13.7 Å². The molecule has 0 N–H and O–H groups in total. The van der Waals surface area contributed by atoms with Gasteiger partial charge in [-0.1, -0.05) is 48.0 Å². The first kappa shape index (κ1) is 19.6. The van der Waals surface area contributed by atoms with Crippen molar-refractivity contribution in [2.45, 2.75) is 27.3 Å². The van der Waals surface area contributed by atoms with Gasteiger partial charge in [-0.05, 0) is 62.2 Å². The highest BCUT2D eigenvalue weighted by atomic mass is 16.5. The predicted molar refractivity (Wildman–Crippen MR) is 133 cm³/mol. The van der Waals surface area contributed by atoms with Gasteiger partial charge in [-0.25, -0.2) is 4.98 Å². The molecule has 0 spiro atoms. The second kappa shape index (κ2) is 7.52. The van der Waals surface area contributed by atoms with Crippen molar-refractivity contribution in [3.8, 4) is 11.6 Å². The summed E-state index contributed by atoms with van der Waals surface area (Å²) in [6.07, 6.45) is 1.83. The number of para-hydroxylation sites is 1. The van der Waals surface area contributed by atoms with Crippen molar-refractivity contribution in [1.29, 1.82) is 0 Å². The standard InChI is InChI=1S/C29H24N2O2/c1-18-7-6-8-21(15-18)17-31-20(3)19(2)23-13-14-30-29(28(23)31)32-22-11-12-27-25(16-22)24-9-4-5-10-26(24)33-27/h4-16H,17H2,1-3H3. The van der Waals surface area contributed by atoms with Gasteiger partial charge in [0.1, 0.15) is 22.4 Å². The van der Waals surface area contributed by atoms with E-state index in [2.05, 4.69) is 66.7 Å². The van der Waals surface area contributed by atoms with Crippen LogP contribution in [-0.2, 0) is 6.54 Å². The molecule has 0 aliphatic rings. The van der Waals surface area contributed by atoms with Crippen molar-refractivity contribution in [1.82, 2.24) is 9.55 Å². The quantitative estimate of drug-likeness (QED) is 0.286. The third-order valence-electron chi connectivity index (χ3n) is 6.50. The number of aryl methyl sites for hydroxylation is 2. The summed E-state index contributed by atoms with van der Waals surface area (Å²) in [5.74, 6) is 1.36. The molecule has 0 amide bonds. The molecule has 0 saturated carbocycles. The molecule has 4 heteroatoms. The molecule has 0 saturated heterocycles. The predicted octanol–water partition coefficient (Wildman–Crippen LogP) is 7.70. The zero-order chi connectivity index (χ0) is 22.5. The number of nitrogens with zero attached hydrogens (tertiary/aromatic N) is 2. The fourth-order valence-electron chi connectivity index (χ4n) is 4.71. The Bertz CT molecular complexity index is 1660. The molecule has 3 aromatic carbocycles. The highest BCUT2D eigenvalue weighted by Gasteiger charge is 2.18. The first-order valence-electron chi connectivity index (χ1n) is 11.2. The molecule has 6 aromatic rings. The molecule has 0 atom stereocenters. The molecule has 0 bridgehead atoms. The first-order chi connectivity index (χ1) is 16.1. The molecule has 0 fully saturated rings. The smallest absolute Gasteiger partial charge is 0.244 e. The van der Waals surface area contributed by atoms with Gasteiger partial charge in [-0.15, -0.1) is 0 Å². The maximum absolute atomic E-state index is 6.41. The molecule has 0 radical (unpaired) electrons. The van der Waals surface area contributed by atoms with Crippen molar-refractivity contribution in [3.05, 3.63) is 101 Å². The first-order valence-corrected chi connectivity index (χ1v) is 11.2. The van der Waals surface area contributed by atoms with Crippen molar-refractivity contribution >= 4 is 32.8 Å². The minimum Gasteiger partial charge on any atom is -0.456 e. The SMILES string of the molecule is Cc1cccc(Cn2c(C)c(C)c3ccnc(Oc4ccc5oc6ccccc6c5c4)c32)c1. The van der Waals surface area contributed by atoms with Gasteiger partial charge in [-0.2, -0.15) is 0 Å². The molecule has 6 rings (SSSR count). The van der Waals surface area contributed by atoms with E-state index in [1.807, 2.05) is 42.6 Å². The van der Waals surface area contributed by atoms with E-state index in [1.54, 1.807) is 0 Å². The third-order valence-corrected chi connectivity index (χ3v) is 6.50. The molecule has 0 unspecified atom stereocenters. The number of ether oxygens (including phenoxy) is 1. The van der Waals surface area contributed by atoms with Gasteiger partial charge in [0.2, 0.25) is 5.88 Å². The summed E-state index contributed by atoms with van der Waals surface area (Å²) in [6, 6.07) is 24.7. The average Bonchev–Trinajstić information content (AvgIpc) is 3.30. The number of hydrogen-bond acceptors (Lipinski definition) is 3. The number of furan rings is 1. The van der Waals surface area contributed by atoms with Crippen LogP contribution in [0.4, 0.5) is 0 Å². The summed E-state index contributed by atoms with van der Waals surface area (Å²) in [6.45, 7) is 7.23. The van der Waals surface area contributed by atoms with Crippen LogP contribution < -0.4 is 4.74 Å². The second-order valence-corrected chi connectivity index (χ2v) is 8.66. The molecule has 33 heavy (non-hydrogen) atoms. The van der Waals surface area contributed by atoms with E-state index in [4.69, 9.17) is 9.15 Å². The highest BCUT2D eigenvalue weighted by Crippen LogP contribution is 2.36. The van der Waals surface area contributed by atoms with Crippen LogP contribution in [0.3, 0.4) is 0 Å². The van der Waals surface area contributed by atoms with Gasteiger partial charge in [0.05, 0.1) is 0 Å². The maximum Gasteiger partial charge on any atom is 0.244 e. The summed E-state index contributed by atoms with van der Waals surface area (Å²) in [5.41, 5.74) is 7.74. The minimum atomic E-state index is 0.614. The van der Waals surface area contributed by atoms with Crippen molar-refractivity contribution < 1.29 is 9.15 Å². The van der Waals surface area contributed by atoms with Gasteiger partial charge in [0.25, 0.3) is 0 Å². The monoisotopic (exact) mass is 432 g/mol. The van der Waals surface area contributed by atoms with Crippen LogP contribution in [0, 0.1) is 20.8 Å². The molecule has 162 valence electrons. The second-order valence-electron chi connectivity index (χ2n) is 8.66. The number of fused-ring (bicyclic) bond motifs is 4. The van der Waals surface area contributed by atoms with Crippen LogP contribution in [0.25, 0.3) is 32.8 Å². The Labute approximate surface area is 192 Å². The lowest BCUT2D eigenvalue weighted by Crippen LogP contribution is -2.03. The topological polar surface area (TPSA) is 40.2 Å². The lowest BCUT2D eigenvalue weighted by atomic mass is 10.1. The largest absolute Gasteiger partial charge is 0.456 e. The van der Waals surface area contributed by atoms with E-state index in [-0.39, 0.29) is 0 Å². The molecule has 3 heterocycles. The van der Waals surface area contributed by atoms with Gasteiger partial charge in [-0.3, -0.25) is 0 Å². The van der Waals surface area contributed by atoms with E-state index >= 15 is 0 Å². The Hall–Kier alpha value is -4.05. The number of pyridine rings is 1. The zero-order valence-electron chi connectivity index (χ0n) is 18.9. The Kier molecular flexibility index (Phi) is 4.47. The normalized spacial score (nSPS) is 11.6. The number of aromatic nitrogens is 2. The van der Waals surface area contributed by atoms with Crippen LogP contribution >= 0.6 is 0 Å². The van der Waals surface area contributed by atoms with Crippen molar-refractivity contribution in [2.75, 3.05) is 0 Å². The fraction of sp³-hybridized carbons (Fsp3) is 0.138. The van der Waals surface area contributed by atoms with E-state index in [0.717, 1.165) is 39.7 Å². The van der Waals surface area contributed by atoms with E-state index in [9.17, 15) is 0 Å². The van der Waals surface area contributed by atoms with Crippen LogP contribution in [0.1, 0.15) is 22.4 Å². The number of hydrogen-bond donors (Lipinski definition) is 0. The minimum absolute atomic E-state index is 0.614. The fourth-order valence-corrected chi connectivity index (χ4v) is 4.71. The summed E-state index contributed by atoms with van der Waals surface area (Å²) in [4.78, 5) is 4.64. The molecule has 0 aliphatic carbocycles. The summed E-state index contributed by atoms with van der Waals surface area (Å²) >= 11 is 0. The third kappa shape index (κ3) is 3.26. The Morgan fingerprint density at radius 3 is 2.55 bits per heavy atom. The molecular formula is C29H24N2O2. The zero-order valence-corrected chi connectivity index (χ0v) is 18.9. The lowest BCUT2D eigenvalue weighted by Gasteiger charge is -2.12. The number of rotatable bonds is 4. The molecule has 3 aromatic heterocycles. The summed E-state index contributed by atoms with van der Waals surface area (Å²) in [7, 11) is 0. The number of benzene rings is 3. The van der Waals surface area contributed by atoms with Crippen LogP contribution in [0.5, 0.6) is 11.6 Å². The Morgan fingerprint density at radius 2 is 1.67 bits per heavy atom. The van der Waals surface area contributed by atoms with E-state index in [0.29, 0.717) is 5.88 Å². The van der Waals surface area contributed by atoms with Crippen LogP contribution in [0.2, 0.25) is 0 Å². The Balaban J connectivity index is 1.47. The van der Waals surface area contributed by atoms with E-state index < -0.39 is 0 Å². The average molecular weight is 433 g/mol.